The fraction of sp³-hybridized carbons (Fsp3) is 0.333. The minimum Gasteiger partial charge on any atom is -0.497 e. The number of amides is 2. The number of aryl methyl sites for hydroxylation is 1. The van der Waals surface area contributed by atoms with Gasteiger partial charge in [-0.05, 0) is 74.4 Å². The molecule has 3 rings (SSSR count). The lowest BCUT2D eigenvalue weighted by molar-refractivity contribution is -0.139. The van der Waals surface area contributed by atoms with Crippen molar-refractivity contribution in [2.75, 3.05) is 24.5 Å². The van der Waals surface area contributed by atoms with Crippen molar-refractivity contribution < 1.29 is 22.7 Å². The van der Waals surface area contributed by atoms with Crippen molar-refractivity contribution in [2.45, 2.75) is 51.1 Å². The highest BCUT2D eigenvalue weighted by Crippen LogP contribution is 2.27. The molecule has 0 spiro atoms. The molecule has 8 nitrogen and oxygen atoms in total. The van der Waals surface area contributed by atoms with Gasteiger partial charge in [0.2, 0.25) is 11.8 Å². The van der Waals surface area contributed by atoms with E-state index in [1.54, 1.807) is 61.5 Å². The van der Waals surface area contributed by atoms with Crippen LogP contribution in [0.15, 0.2) is 71.6 Å². The van der Waals surface area contributed by atoms with Crippen molar-refractivity contribution in [3.05, 3.63) is 87.9 Å². The summed E-state index contributed by atoms with van der Waals surface area (Å²) in [5, 5.41) is 3.61. The summed E-state index contributed by atoms with van der Waals surface area (Å²) in [6, 6.07) is 16.7. The van der Waals surface area contributed by atoms with Crippen molar-refractivity contribution in [1.29, 1.82) is 0 Å². The minimum absolute atomic E-state index is 0.00988. The number of halogens is 2. The van der Waals surface area contributed by atoms with E-state index in [0.29, 0.717) is 33.6 Å². The first-order valence-corrected chi connectivity index (χ1v) is 15.4. The van der Waals surface area contributed by atoms with E-state index in [-0.39, 0.29) is 17.3 Å². The maximum absolute atomic E-state index is 14.0. The Hall–Kier alpha value is -3.27. The first-order valence-electron chi connectivity index (χ1n) is 13.2. The van der Waals surface area contributed by atoms with Crippen LogP contribution < -0.4 is 14.4 Å². The molecule has 3 aromatic rings. The molecule has 220 valence electrons. The fourth-order valence-corrected chi connectivity index (χ4v) is 5.95. The molecular formula is C30H35Cl2N3O5S. The van der Waals surface area contributed by atoms with Crippen LogP contribution in [0.2, 0.25) is 10.0 Å². The summed E-state index contributed by atoms with van der Waals surface area (Å²) in [5.74, 6) is -0.431. The Balaban J connectivity index is 2.02. The minimum atomic E-state index is -4.18. The van der Waals surface area contributed by atoms with Gasteiger partial charge in [0.05, 0.1) is 17.7 Å². The Bertz CT molecular complexity index is 1450. The van der Waals surface area contributed by atoms with E-state index in [9.17, 15) is 18.0 Å². The molecule has 1 atom stereocenters. The molecule has 0 aliphatic heterocycles. The summed E-state index contributed by atoms with van der Waals surface area (Å²) in [6.45, 7) is 5.39. The number of carbonyl (C=O) groups is 2. The van der Waals surface area contributed by atoms with E-state index in [2.05, 4.69) is 5.32 Å². The molecule has 2 amide bonds. The van der Waals surface area contributed by atoms with Gasteiger partial charge in [-0.15, -0.1) is 0 Å². The van der Waals surface area contributed by atoms with Crippen LogP contribution in [0.4, 0.5) is 5.69 Å². The highest BCUT2D eigenvalue weighted by atomic mass is 35.5. The van der Waals surface area contributed by atoms with Gasteiger partial charge in [-0.3, -0.25) is 13.9 Å². The predicted molar refractivity (Wildman–Crippen MR) is 163 cm³/mol. The number of carbonyl (C=O) groups excluding carboxylic acids is 2. The van der Waals surface area contributed by atoms with Crippen LogP contribution in [0.3, 0.4) is 0 Å². The molecule has 0 aliphatic carbocycles. The van der Waals surface area contributed by atoms with Crippen molar-refractivity contribution in [1.82, 2.24) is 10.2 Å². The average Bonchev–Trinajstić information content (AvgIpc) is 2.95. The van der Waals surface area contributed by atoms with Crippen LogP contribution in [-0.4, -0.2) is 51.4 Å². The second kappa shape index (κ2) is 14.6. The number of nitrogens with zero attached hydrogens (tertiary/aromatic N) is 2. The van der Waals surface area contributed by atoms with Crippen LogP contribution >= 0.6 is 23.2 Å². The van der Waals surface area contributed by atoms with Gasteiger partial charge in [0.1, 0.15) is 18.3 Å². The van der Waals surface area contributed by atoms with Gasteiger partial charge in [-0.25, -0.2) is 8.42 Å². The van der Waals surface area contributed by atoms with Gasteiger partial charge in [-0.1, -0.05) is 60.3 Å². The van der Waals surface area contributed by atoms with Gasteiger partial charge in [0, 0.05) is 23.1 Å². The monoisotopic (exact) mass is 619 g/mol. The molecule has 11 heteroatoms. The summed E-state index contributed by atoms with van der Waals surface area (Å²) in [6.07, 6.45) is 1.68. The second-order valence-corrected chi connectivity index (χ2v) is 12.3. The number of rotatable bonds is 13. The van der Waals surface area contributed by atoms with Crippen molar-refractivity contribution in [3.63, 3.8) is 0 Å². The molecule has 1 unspecified atom stereocenters. The summed E-state index contributed by atoms with van der Waals surface area (Å²) >= 11 is 12.5. The first kappa shape index (κ1) is 32.2. The maximum Gasteiger partial charge on any atom is 0.264 e. The van der Waals surface area contributed by atoms with E-state index in [4.69, 9.17) is 27.9 Å². The van der Waals surface area contributed by atoms with Crippen molar-refractivity contribution in [2.24, 2.45) is 0 Å². The van der Waals surface area contributed by atoms with Crippen LogP contribution in [0, 0.1) is 6.92 Å². The molecule has 0 bridgehead atoms. The van der Waals surface area contributed by atoms with Crippen LogP contribution in [0.5, 0.6) is 5.75 Å². The van der Waals surface area contributed by atoms with E-state index in [1.807, 2.05) is 13.8 Å². The van der Waals surface area contributed by atoms with E-state index < -0.39 is 28.5 Å². The molecule has 0 aliphatic rings. The Morgan fingerprint density at radius 1 is 1.00 bits per heavy atom. The fourth-order valence-electron chi connectivity index (χ4n) is 4.07. The molecule has 0 heterocycles. The number of sulfonamides is 1. The third-order valence-electron chi connectivity index (χ3n) is 6.60. The average molecular weight is 621 g/mol. The number of anilines is 1. The number of hydrogen-bond donors (Lipinski definition) is 1. The molecule has 0 saturated carbocycles. The third kappa shape index (κ3) is 8.38. The molecule has 41 heavy (non-hydrogen) atoms. The maximum atomic E-state index is 14.0. The van der Waals surface area contributed by atoms with Crippen LogP contribution in [0.25, 0.3) is 0 Å². The first-order chi connectivity index (χ1) is 19.5. The van der Waals surface area contributed by atoms with Gasteiger partial charge in [0.15, 0.2) is 0 Å². The van der Waals surface area contributed by atoms with Gasteiger partial charge in [-0.2, -0.15) is 0 Å². The lowest BCUT2D eigenvalue weighted by Crippen LogP contribution is -2.51. The number of unbranched alkanes of at least 4 members (excludes halogenated alkanes) is 1. The standard InChI is InChI=1S/C30H35Cl2N3O5S/c1-5-6-17-33-30(37)22(3)34(19-23-9-10-24(31)18-28(23)32)29(36)20-35(25-11-7-21(2)8-12-25)41(38,39)27-15-13-26(40-4)14-16-27/h7-16,18,22H,5-6,17,19-20H2,1-4H3,(H,33,37). The zero-order valence-electron chi connectivity index (χ0n) is 23.6. The van der Waals surface area contributed by atoms with Gasteiger partial charge < -0.3 is 15.0 Å². The Morgan fingerprint density at radius 2 is 1.66 bits per heavy atom. The number of benzene rings is 3. The summed E-state index contributed by atoms with van der Waals surface area (Å²) in [7, 11) is -2.70. The smallest absolute Gasteiger partial charge is 0.264 e. The van der Waals surface area contributed by atoms with Crippen LogP contribution in [-0.2, 0) is 26.2 Å². The summed E-state index contributed by atoms with van der Waals surface area (Å²) in [5.41, 5.74) is 1.81. The van der Waals surface area contributed by atoms with E-state index in [0.717, 1.165) is 22.7 Å². The molecular weight excluding hydrogens is 585 g/mol. The SMILES string of the molecule is CCCCNC(=O)C(C)N(Cc1ccc(Cl)cc1Cl)C(=O)CN(c1ccc(C)cc1)S(=O)(=O)c1ccc(OC)cc1. The summed E-state index contributed by atoms with van der Waals surface area (Å²) < 4.78 is 34.0. The quantitative estimate of drug-likeness (QED) is 0.243. The Morgan fingerprint density at radius 3 is 2.24 bits per heavy atom. The van der Waals surface area contributed by atoms with Gasteiger partial charge >= 0.3 is 0 Å². The summed E-state index contributed by atoms with van der Waals surface area (Å²) in [4.78, 5) is 28.4. The Kier molecular flexibility index (Phi) is 11.5. The van der Waals surface area contributed by atoms with Crippen molar-refractivity contribution >= 4 is 50.7 Å². The van der Waals surface area contributed by atoms with E-state index >= 15 is 0 Å². The number of nitrogens with one attached hydrogen (secondary N) is 1. The number of methoxy groups -OCH3 is 1. The normalized spacial score (nSPS) is 12.0. The zero-order chi connectivity index (χ0) is 30.2. The molecule has 0 fully saturated rings. The van der Waals surface area contributed by atoms with Crippen molar-refractivity contribution in [3.8, 4) is 5.75 Å². The number of hydrogen-bond acceptors (Lipinski definition) is 5. The Labute approximate surface area is 252 Å². The van der Waals surface area contributed by atoms with Gasteiger partial charge in [0.25, 0.3) is 10.0 Å². The molecule has 0 aromatic heterocycles. The highest BCUT2D eigenvalue weighted by molar-refractivity contribution is 7.92. The molecule has 3 aromatic carbocycles. The topological polar surface area (TPSA) is 96.0 Å². The molecule has 1 N–H and O–H groups in total. The second-order valence-electron chi connectivity index (χ2n) is 9.60. The van der Waals surface area contributed by atoms with Crippen LogP contribution in [0.1, 0.15) is 37.8 Å². The number of ether oxygens (including phenoxy) is 1. The highest BCUT2D eigenvalue weighted by Gasteiger charge is 2.32. The lowest BCUT2D eigenvalue weighted by Gasteiger charge is -2.32. The van der Waals surface area contributed by atoms with E-state index in [1.165, 1.54) is 24.1 Å². The predicted octanol–water partition coefficient (Wildman–Crippen LogP) is 5.84. The third-order valence-corrected chi connectivity index (χ3v) is 8.98. The zero-order valence-corrected chi connectivity index (χ0v) is 25.9. The molecule has 0 radical (unpaired) electrons. The lowest BCUT2D eigenvalue weighted by atomic mass is 10.1. The largest absolute Gasteiger partial charge is 0.497 e. The molecule has 0 saturated heterocycles.